The Morgan fingerprint density at radius 3 is 1.32 bits per heavy atom. The van der Waals surface area contributed by atoms with Crippen LogP contribution in [0.5, 0.6) is 0 Å². The molecule has 262 valence electrons. The second-order valence-corrected chi connectivity index (χ2v) is 14.5. The van der Waals surface area contributed by atoms with Crippen molar-refractivity contribution in [1.29, 1.82) is 0 Å². The van der Waals surface area contributed by atoms with Crippen molar-refractivity contribution in [2.24, 2.45) is 0 Å². The van der Waals surface area contributed by atoms with Gasteiger partial charge in [0.05, 0.1) is 22.1 Å². The molecule has 0 spiro atoms. The van der Waals surface area contributed by atoms with Crippen LogP contribution in [0.1, 0.15) is 0 Å². The molecule has 0 radical (unpaired) electrons. The zero-order chi connectivity index (χ0) is 37.0. The zero-order valence-electron chi connectivity index (χ0n) is 30.7. The van der Waals surface area contributed by atoms with Crippen LogP contribution in [0.25, 0.3) is 99.5 Å². The molecule has 0 aliphatic heterocycles. The molecule has 2 heterocycles. The van der Waals surface area contributed by atoms with Gasteiger partial charge in [0, 0.05) is 32.9 Å². The first-order chi connectivity index (χ1) is 27.8. The SMILES string of the molecule is c1ccc(-c2ccc(-c3ccc(-n4c5ccccc5c5cc(-c6ccc7c(c6)c6c(-c8ccccc8)cccc6n7-c6ccccc6)ccc54)cc3)cc2)cc1. The summed E-state index contributed by atoms with van der Waals surface area (Å²) in [5.74, 6) is 0. The molecule has 2 aromatic heterocycles. The lowest BCUT2D eigenvalue weighted by Gasteiger charge is -2.11. The molecule has 0 unspecified atom stereocenters. The van der Waals surface area contributed by atoms with Crippen molar-refractivity contribution in [3.05, 3.63) is 218 Å². The van der Waals surface area contributed by atoms with E-state index in [1.54, 1.807) is 0 Å². The number of nitrogens with zero attached hydrogens (tertiary/aromatic N) is 2. The molecule has 56 heavy (non-hydrogen) atoms. The van der Waals surface area contributed by atoms with Crippen molar-refractivity contribution >= 4 is 43.6 Å². The highest BCUT2D eigenvalue weighted by molar-refractivity contribution is 6.17. The molecule has 0 fully saturated rings. The normalized spacial score (nSPS) is 11.6. The molecule has 0 bridgehead atoms. The third kappa shape index (κ3) is 5.26. The van der Waals surface area contributed by atoms with Crippen LogP contribution in [0.4, 0.5) is 0 Å². The number of benzene rings is 9. The third-order valence-electron chi connectivity index (χ3n) is 11.3. The van der Waals surface area contributed by atoms with E-state index in [9.17, 15) is 0 Å². The Labute approximate surface area is 325 Å². The molecule has 11 rings (SSSR count). The summed E-state index contributed by atoms with van der Waals surface area (Å²) in [6.45, 7) is 0. The number of rotatable bonds is 6. The van der Waals surface area contributed by atoms with Gasteiger partial charge in [-0.25, -0.2) is 0 Å². The van der Waals surface area contributed by atoms with Crippen molar-refractivity contribution in [3.63, 3.8) is 0 Å². The number of fused-ring (bicyclic) bond motifs is 6. The standard InChI is InChI=1S/C54H36N2/c1-4-13-37(14-5-1)38-23-25-39(26-24-38)40-27-31-45(32-28-40)55-50-21-11-10-19-47(50)48-35-42(29-33-51(48)55)43-30-34-52-49(36-43)54-46(41-15-6-2-7-16-41)20-12-22-53(54)56(52)44-17-8-3-9-18-44/h1-36H. The smallest absolute Gasteiger partial charge is 0.0547 e. The van der Waals surface area contributed by atoms with Gasteiger partial charge in [-0.05, 0) is 105 Å². The summed E-state index contributed by atoms with van der Waals surface area (Å²) in [6, 6.07) is 79.3. The Kier molecular flexibility index (Phi) is 7.53. The van der Waals surface area contributed by atoms with Gasteiger partial charge in [-0.2, -0.15) is 0 Å². The first-order valence-corrected chi connectivity index (χ1v) is 19.3. The maximum atomic E-state index is 2.41. The Balaban J connectivity index is 1.02. The van der Waals surface area contributed by atoms with Gasteiger partial charge in [0.1, 0.15) is 0 Å². The zero-order valence-corrected chi connectivity index (χ0v) is 30.7. The Hall–Kier alpha value is -7.42. The fourth-order valence-corrected chi connectivity index (χ4v) is 8.68. The van der Waals surface area contributed by atoms with Crippen molar-refractivity contribution in [3.8, 4) is 55.9 Å². The topological polar surface area (TPSA) is 9.86 Å². The molecular weight excluding hydrogens is 677 g/mol. The van der Waals surface area contributed by atoms with E-state index in [1.165, 1.54) is 88.1 Å². The number of hydrogen-bond acceptors (Lipinski definition) is 0. The highest BCUT2D eigenvalue weighted by Gasteiger charge is 2.18. The van der Waals surface area contributed by atoms with Gasteiger partial charge >= 0.3 is 0 Å². The van der Waals surface area contributed by atoms with Gasteiger partial charge in [-0.3, -0.25) is 0 Å². The van der Waals surface area contributed by atoms with Crippen LogP contribution >= 0.6 is 0 Å². The van der Waals surface area contributed by atoms with Gasteiger partial charge in [-0.15, -0.1) is 0 Å². The van der Waals surface area contributed by atoms with Crippen molar-refractivity contribution in [1.82, 2.24) is 9.13 Å². The summed E-state index contributed by atoms with van der Waals surface area (Å²) in [5, 5.41) is 5.01. The van der Waals surface area contributed by atoms with E-state index in [2.05, 4.69) is 228 Å². The van der Waals surface area contributed by atoms with Gasteiger partial charge in [0.25, 0.3) is 0 Å². The van der Waals surface area contributed by atoms with E-state index < -0.39 is 0 Å². The van der Waals surface area contributed by atoms with Crippen LogP contribution in [0.15, 0.2) is 218 Å². The van der Waals surface area contributed by atoms with Crippen LogP contribution in [0.3, 0.4) is 0 Å². The highest BCUT2D eigenvalue weighted by Crippen LogP contribution is 2.41. The molecule has 0 saturated carbocycles. The summed E-state index contributed by atoms with van der Waals surface area (Å²) in [6.07, 6.45) is 0. The van der Waals surface area contributed by atoms with E-state index in [4.69, 9.17) is 0 Å². The molecule has 0 aliphatic rings. The van der Waals surface area contributed by atoms with Crippen LogP contribution in [0.2, 0.25) is 0 Å². The molecule has 0 amide bonds. The molecular formula is C54H36N2. The summed E-state index contributed by atoms with van der Waals surface area (Å²) in [4.78, 5) is 0. The maximum absolute atomic E-state index is 2.41. The minimum absolute atomic E-state index is 1.15. The van der Waals surface area contributed by atoms with Gasteiger partial charge in [-0.1, -0.05) is 158 Å². The molecule has 0 atom stereocenters. The van der Waals surface area contributed by atoms with Gasteiger partial charge in [0.15, 0.2) is 0 Å². The minimum Gasteiger partial charge on any atom is -0.309 e. The summed E-state index contributed by atoms with van der Waals surface area (Å²) in [7, 11) is 0. The number of hydrogen-bond donors (Lipinski definition) is 0. The molecule has 9 aromatic carbocycles. The Morgan fingerprint density at radius 2 is 0.661 bits per heavy atom. The second-order valence-electron chi connectivity index (χ2n) is 14.5. The van der Waals surface area contributed by atoms with Crippen molar-refractivity contribution in [2.75, 3.05) is 0 Å². The molecule has 11 aromatic rings. The monoisotopic (exact) mass is 712 g/mol. The molecule has 2 heteroatoms. The maximum Gasteiger partial charge on any atom is 0.0547 e. The number of aromatic nitrogens is 2. The highest BCUT2D eigenvalue weighted by atomic mass is 15.0. The van der Waals surface area contributed by atoms with Crippen LogP contribution < -0.4 is 0 Å². The van der Waals surface area contributed by atoms with E-state index in [0.29, 0.717) is 0 Å². The molecule has 0 N–H and O–H groups in total. The van der Waals surface area contributed by atoms with Gasteiger partial charge in [0.2, 0.25) is 0 Å². The summed E-state index contributed by atoms with van der Waals surface area (Å²) in [5.41, 5.74) is 16.9. The summed E-state index contributed by atoms with van der Waals surface area (Å²) < 4.78 is 4.81. The Morgan fingerprint density at radius 1 is 0.232 bits per heavy atom. The summed E-state index contributed by atoms with van der Waals surface area (Å²) >= 11 is 0. The van der Waals surface area contributed by atoms with Crippen molar-refractivity contribution in [2.45, 2.75) is 0 Å². The minimum atomic E-state index is 1.15. The van der Waals surface area contributed by atoms with Crippen LogP contribution in [-0.4, -0.2) is 9.13 Å². The number of para-hydroxylation sites is 2. The average molecular weight is 713 g/mol. The van der Waals surface area contributed by atoms with E-state index in [0.717, 1.165) is 11.4 Å². The van der Waals surface area contributed by atoms with Crippen molar-refractivity contribution < 1.29 is 0 Å². The van der Waals surface area contributed by atoms with Gasteiger partial charge < -0.3 is 9.13 Å². The van der Waals surface area contributed by atoms with Crippen LogP contribution in [-0.2, 0) is 0 Å². The lowest BCUT2D eigenvalue weighted by atomic mass is 9.97. The Bertz CT molecular complexity index is 3190. The quantitative estimate of drug-likeness (QED) is 0.162. The second kappa shape index (κ2) is 13.2. The van der Waals surface area contributed by atoms with E-state index >= 15 is 0 Å². The lowest BCUT2D eigenvalue weighted by molar-refractivity contribution is 1.18. The van der Waals surface area contributed by atoms with Crippen LogP contribution in [0, 0.1) is 0 Å². The molecule has 0 saturated heterocycles. The third-order valence-corrected chi connectivity index (χ3v) is 11.3. The fraction of sp³-hybridized carbons (Fsp3) is 0. The predicted molar refractivity (Wildman–Crippen MR) is 237 cm³/mol. The molecule has 0 aliphatic carbocycles. The fourth-order valence-electron chi connectivity index (χ4n) is 8.68. The van der Waals surface area contributed by atoms with E-state index in [1.807, 2.05) is 0 Å². The predicted octanol–water partition coefficient (Wildman–Crippen LogP) is 14.5. The first kappa shape index (κ1) is 32.0. The largest absolute Gasteiger partial charge is 0.309 e. The molecule has 2 nitrogen and oxygen atoms in total. The lowest BCUT2D eigenvalue weighted by Crippen LogP contribution is -1.94. The first-order valence-electron chi connectivity index (χ1n) is 19.3. The van der Waals surface area contributed by atoms with E-state index in [-0.39, 0.29) is 0 Å². The average Bonchev–Trinajstić information content (AvgIpc) is 3.80.